The maximum absolute atomic E-state index is 10.5. The summed E-state index contributed by atoms with van der Waals surface area (Å²) in [5, 5.41) is 18.3. The lowest BCUT2D eigenvalue weighted by molar-refractivity contribution is -0.137. The summed E-state index contributed by atoms with van der Waals surface area (Å²) in [6.45, 7) is 1.88. The highest BCUT2D eigenvalue weighted by Crippen LogP contribution is 2.13. The van der Waals surface area contributed by atoms with Crippen LogP contribution < -0.4 is 5.32 Å². The van der Waals surface area contributed by atoms with E-state index in [2.05, 4.69) is 15.5 Å². The minimum atomic E-state index is -0.833. The van der Waals surface area contributed by atoms with Crippen molar-refractivity contribution in [2.75, 3.05) is 7.05 Å². The van der Waals surface area contributed by atoms with E-state index in [1.54, 1.807) is 7.05 Å². The number of hydrogen-bond acceptors (Lipinski definition) is 3. The Bertz CT molecular complexity index is 295. The van der Waals surface area contributed by atoms with E-state index in [0.717, 1.165) is 11.4 Å². The smallest absolute Gasteiger partial charge is 0.305 e. The van der Waals surface area contributed by atoms with E-state index in [0.29, 0.717) is 0 Å². The fourth-order valence-electron chi connectivity index (χ4n) is 1.15. The summed E-state index contributed by atoms with van der Waals surface area (Å²) >= 11 is 0. The molecular weight excluding hydrogens is 170 g/mol. The molecule has 1 rings (SSSR count). The summed E-state index contributed by atoms with van der Waals surface area (Å²) in [4.78, 5) is 10.5. The molecule has 0 saturated carbocycles. The van der Waals surface area contributed by atoms with Gasteiger partial charge in [0.25, 0.3) is 0 Å². The summed E-state index contributed by atoms with van der Waals surface area (Å²) in [6.07, 6.45) is 0.0425. The predicted octanol–water partition coefficient (Wildman–Crippen LogP) is 0.453. The van der Waals surface area contributed by atoms with Crippen molar-refractivity contribution >= 4 is 5.97 Å². The maximum atomic E-state index is 10.5. The van der Waals surface area contributed by atoms with Crippen LogP contribution in [0, 0.1) is 6.92 Å². The lowest BCUT2D eigenvalue weighted by Crippen LogP contribution is -2.20. The molecule has 0 fully saturated rings. The molecule has 1 aromatic rings. The van der Waals surface area contributed by atoms with Gasteiger partial charge >= 0.3 is 5.97 Å². The summed E-state index contributed by atoms with van der Waals surface area (Å²) in [5.41, 5.74) is 1.67. The topological polar surface area (TPSA) is 78.0 Å². The Morgan fingerprint density at radius 2 is 2.54 bits per heavy atom. The van der Waals surface area contributed by atoms with Crippen LogP contribution in [0.4, 0.5) is 0 Å². The van der Waals surface area contributed by atoms with Gasteiger partial charge in [-0.15, -0.1) is 0 Å². The van der Waals surface area contributed by atoms with Crippen molar-refractivity contribution in [2.24, 2.45) is 0 Å². The van der Waals surface area contributed by atoms with Crippen LogP contribution in [0.2, 0.25) is 0 Å². The maximum Gasteiger partial charge on any atom is 0.305 e. The van der Waals surface area contributed by atoms with E-state index >= 15 is 0 Å². The van der Waals surface area contributed by atoms with Gasteiger partial charge in [-0.1, -0.05) is 0 Å². The Balaban J connectivity index is 2.72. The SMILES string of the molecule is CNC(CC(=O)O)c1cc(C)[nH]n1. The number of nitrogens with one attached hydrogen (secondary N) is 2. The van der Waals surface area contributed by atoms with Gasteiger partial charge in [-0.2, -0.15) is 5.10 Å². The standard InChI is InChI=1S/C8H13N3O2/c1-5-3-7(11-10-5)6(9-2)4-8(12)13/h3,6,9H,4H2,1-2H3,(H,10,11)(H,12,13). The predicted molar refractivity (Wildman–Crippen MR) is 47.4 cm³/mol. The molecule has 1 aromatic heterocycles. The van der Waals surface area contributed by atoms with E-state index in [1.807, 2.05) is 13.0 Å². The molecule has 5 heteroatoms. The number of aliphatic carboxylic acids is 1. The highest BCUT2D eigenvalue weighted by Gasteiger charge is 2.15. The molecule has 0 aliphatic rings. The average Bonchev–Trinajstić information content (AvgIpc) is 2.47. The van der Waals surface area contributed by atoms with E-state index in [9.17, 15) is 4.79 Å². The van der Waals surface area contributed by atoms with Crippen LogP contribution >= 0.6 is 0 Å². The third-order valence-corrected chi connectivity index (χ3v) is 1.81. The molecule has 0 aliphatic carbocycles. The van der Waals surface area contributed by atoms with Crippen LogP contribution in [0.1, 0.15) is 23.9 Å². The first kappa shape index (κ1) is 9.73. The van der Waals surface area contributed by atoms with E-state index in [1.165, 1.54) is 0 Å². The van der Waals surface area contributed by atoms with Crippen molar-refractivity contribution < 1.29 is 9.90 Å². The molecular formula is C8H13N3O2. The van der Waals surface area contributed by atoms with Gasteiger partial charge in [-0.3, -0.25) is 9.89 Å². The first-order valence-corrected chi connectivity index (χ1v) is 4.04. The van der Waals surface area contributed by atoms with Gasteiger partial charge in [0.2, 0.25) is 0 Å². The molecule has 1 unspecified atom stereocenters. The van der Waals surface area contributed by atoms with Gasteiger partial charge in [0.15, 0.2) is 0 Å². The van der Waals surface area contributed by atoms with Gasteiger partial charge in [0.1, 0.15) is 0 Å². The number of aromatic amines is 1. The molecule has 1 heterocycles. The number of aromatic nitrogens is 2. The zero-order valence-corrected chi connectivity index (χ0v) is 7.66. The number of H-pyrrole nitrogens is 1. The quantitative estimate of drug-likeness (QED) is 0.633. The molecule has 0 radical (unpaired) electrons. The monoisotopic (exact) mass is 183 g/mol. The third kappa shape index (κ3) is 2.55. The second kappa shape index (κ2) is 4.04. The van der Waals surface area contributed by atoms with Gasteiger partial charge in [0, 0.05) is 5.69 Å². The first-order valence-electron chi connectivity index (χ1n) is 4.04. The van der Waals surface area contributed by atoms with E-state index in [-0.39, 0.29) is 12.5 Å². The first-order chi connectivity index (χ1) is 6.13. The lowest BCUT2D eigenvalue weighted by Gasteiger charge is -2.09. The van der Waals surface area contributed by atoms with Crippen LogP contribution in [-0.4, -0.2) is 28.3 Å². The number of aryl methyl sites for hydroxylation is 1. The molecule has 0 bridgehead atoms. The highest BCUT2D eigenvalue weighted by molar-refractivity contribution is 5.67. The Morgan fingerprint density at radius 1 is 1.85 bits per heavy atom. The van der Waals surface area contributed by atoms with Gasteiger partial charge in [-0.25, -0.2) is 0 Å². The third-order valence-electron chi connectivity index (χ3n) is 1.81. The number of carbonyl (C=O) groups is 1. The van der Waals surface area contributed by atoms with Crippen LogP contribution in [0.25, 0.3) is 0 Å². The minimum Gasteiger partial charge on any atom is -0.481 e. The number of nitrogens with zero attached hydrogens (tertiary/aromatic N) is 1. The number of hydrogen-bond donors (Lipinski definition) is 3. The summed E-state index contributed by atoms with van der Waals surface area (Å²) in [7, 11) is 1.72. The molecule has 0 saturated heterocycles. The number of rotatable bonds is 4. The Labute approximate surface area is 76.2 Å². The largest absolute Gasteiger partial charge is 0.481 e. The Hall–Kier alpha value is -1.36. The number of carboxylic acids is 1. The lowest BCUT2D eigenvalue weighted by atomic mass is 10.1. The highest BCUT2D eigenvalue weighted by atomic mass is 16.4. The van der Waals surface area contributed by atoms with Gasteiger partial charge in [0.05, 0.1) is 18.2 Å². The van der Waals surface area contributed by atoms with E-state index in [4.69, 9.17) is 5.11 Å². The molecule has 0 amide bonds. The van der Waals surface area contributed by atoms with Crippen molar-refractivity contribution in [3.63, 3.8) is 0 Å². The van der Waals surface area contributed by atoms with E-state index < -0.39 is 5.97 Å². The molecule has 3 N–H and O–H groups in total. The van der Waals surface area contributed by atoms with Crippen LogP contribution in [-0.2, 0) is 4.79 Å². The Morgan fingerprint density at radius 3 is 2.92 bits per heavy atom. The normalized spacial score (nSPS) is 12.8. The van der Waals surface area contributed by atoms with Crippen LogP contribution in [0.3, 0.4) is 0 Å². The summed E-state index contributed by atoms with van der Waals surface area (Å²) in [6, 6.07) is 1.62. The van der Waals surface area contributed by atoms with Crippen LogP contribution in [0.15, 0.2) is 6.07 Å². The van der Waals surface area contributed by atoms with Gasteiger partial charge in [-0.05, 0) is 20.0 Å². The second-order valence-electron chi connectivity index (χ2n) is 2.91. The molecule has 13 heavy (non-hydrogen) atoms. The average molecular weight is 183 g/mol. The number of carboxylic acid groups (broad SMARTS) is 1. The zero-order chi connectivity index (χ0) is 9.84. The summed E-state index contributed by atoms with van der Waals surface area (Å²) < 4.78 is 0. The van der Waals surface area contributed by atoms with Crippen molar-refractivity contribution in [2.45, 2.75) is 19.4 Å². The molecule has 1 atom stereocenters. The molecule has 5 nitrogen and oxygen atoms in total. The second-order valence-corrected chi connectivity index (χ2v) is 2.91. The van der Waals surface area contributed by atoms with Crippen molar-refractivity contribution in [3.05, 3.63) is 17.5 Å². The fraction of sp³-hybridized carbons (Fsp3) is 0.500. The Kier molecular flexibility index (Phi) is 3.02. The summed E-state index contributed by atoms with van der Waals surface area (Å²) in [5.74, 6) is -0.833. The molecule has 0 spiro atoms. The van der Waals surface area contributed by atoms with Crippen molar-refractivity contribution in [3.8, 4) is 0 Å². The van der Waals surface area contributed by atoms with Crippen LogP contribution in [0.5, 0.6) is 0 Å². The fourth-order valence-corrected chi connectivity index (χ4v) is 1.15. The zero-order valence-electron chi connectivity index (χ0n) is 7.66. The molecule has 0 aromatic carbocycles. The van der Waals surface area contributed by atoms with Crippen molar-refractivity contribution in [1.82, 2.24) is 15.5 Å². The van der Waals surface area contributed by atoms with Crippen molar-refractivity contribution in [1.29, 1.82) is 0 Å². The van der Waals surface area contributed by atoms with Gasteiger partial charge < -0.3 is 10.4 Å². The molecule has 0 aliphatic heterocycles. The minimum absolute atomic E-state index is 0.0425. The molecule has 72 valence electrons.